The molecule has 0 spiro atoms. The predicted octanol–water partition coefficient (Wildman–Crippen LogP) is 4.69. The number of hydrogen-bond acceptors (Lipinski definition) is 6. The molecule has 0 radical (unpaired) electrons. The van der Waals surface area contributed by atoms with Crippen LogP contribution in [0, 0.1) is 5.92 Å². The standard InChI is InChI=1S/C31H50O6Si/c1-6-28(2)27-36-24-23-34-20-19-32-17-18-33-21-22-35-25-26-37-38(31(3,4)5,29-13-9-7-10-14-29)30-15-11-8-12-16-30/h7-16,28H,6,17-27H2,1-5H3. The van der Waals surface area contributed by atoms with E-state index in [0.717, 1.165) is 13.0 Å². The SMILES string of the molecule is CCC(C)COCCOCCOCCOCCOCCO[Si](c1ccccc1)(c1ccccc1)C(C)(C)C. The molecule has 0 N–H and O–H groups in total. The minimum atomic E-state index is -2.51. The van der Waals surface area contributed by atoms with Gasteiger partial charge in [-0.05, 0) is 21.3 Å². The van der Waals surface area contributed by atoms with Crippen LogP contribution in [0.25, 0.3) is 0 Å². The van der Waals surface area contributed by atoms with Crippen LogP contribution in [-0.2, 0) is 28.1 Å². The van der Waals surface area contributed by atoms with Gasteiger partial charge in [0.15, 0.2) is 0 Å². The van der Waals surface area contributed by atoms with E-state index in [1.54, 1.807) is 0 Å². The van der Waals surface area contributed by atoms with Crippen molar-refractivity contribution in [2.24, 2.45) is 5.92 Å². The van der Waals surface area contributed by atoms with E-state index in [4.69, 9.17) is 28.1 Å². The molecule has 0 aliphatic heterocycles. The second kappa shape index (κ2) is 18.7. The van der Waals surface area contributed by atoms with E-state index in [1.807, 2.05) is 0 Å². The Kier molecular flexibility index (Phi) is 16.0. The molecule has 0 saturated carbocycles. The summed E-state index contributed by atoms with van der Waals surface area (Å²) in [5.41, 5.74) is 0. The van der Waals surface area contributed by atoms with E-state index >= 15 is 0 Å². The monoisotopic (exact) mass is 546 g/mol. The highest BCUT2D eigenvalue weighted by Crippen LogP contribution is 2.36. The molecular formula is C31H50O6Si. The molecule has 0 amide bonds. The fraction of sp³-hybridized carbons (Fsp3) is 0.613. The quantitative estimate of drug-likeness (QED) is 0.167. The molecule has 0 aliphatic carbocycles. The van der Waals surface area contributed by atoms with Crippen molar-refractivity contribution in [1.29, 1.82) is 0 Å². The third kappa shape index (κ3) is 11.3. The molecule has 0 heterocycles. The molecule has 7 heteroatoms. The fourth-order valence-electron chi connectivity index (χ4n) is 4.30. The van der Waals surface area contributed by atoms with Crippen molar-refractivity contribution in [3.8, 4) is 0 Å². The Balaban J connectivity index is 1.59. The van der Waals surface area contributed by atoms with Crippen molar-refractivity contribution in [3.63, 3.8) is 0 Å². The topological polar surface area (TPSA) is 55.4 Å². The summed E-state index contributed by atoms with van der Waals surface area (Å²) in [6.45, 7) is 17.6. The second-order valence-electron chi connectivity index (χ2n) is 10.5. The Labute approximate surface area is 232 Å². The van der Waals surface area contributed by atoms with E-state index in [9.17, 15) is 0 Å². The highest BCUT2D eigenvalue weighted by molar-refractivity contribution is 6.99. The lowest BCUT2D eigenvalue weighted by atomic mass is 10.1. The Morgan fingerprint density at radius 3 is 1.32 bits per heavy atom. The number of benzene rings is 2. The largest absolute Gasteiger partial charge is 0.405 e. The molecule has 1 unspecified atom stereocenters. The molecule has 2 aromatic rings. The van der Waals surface area contributed by atoms with E-state index in [2.05, 4.69) is 95.3 Å². The van der Waals surface area contributed by atoms with E-state index in [0.29, 0.717) is 72.0 Å². The van der Waals surface area contributed by atoms with Crippen LogP contribution in [0.15, 0.2) is 60.7 Å². The van der Waals surface area contributed by atoms with Crippen molar-refractivity contribution in [3.05, 3.63) is 60.7 Å². The molecule has 1 atom stereocenters. The third-order valence-corrected chi connectivity index (χ3v) is 11.6. The summed E-state index contributed by atoms with van der Waals surface area (Å²) in [4.78, 5) is 0. The van der Waals surface area contributed by atoms with Crippen molar-refractivity contribution in [1.82, 2.24) is 0 Å². The number of rotatable bonds is 21. The van der Waals surface area contributed by atoms with Crippen molar-refractivity contribution >= 4 is 18.7 Å². The first-order chi connectivity index (χ1) is 18.4. The first-order valence-corrected chi connectivity index (χ1v) is 16.0. The Morgan fingerprint density at radius 2 is 0.947 bits per heavy atom. The number of hydrogen-bond donors (Lipinski definition) is 0. The highest BCUT2D eigenvalue weighted by atomic mass is 28.4. The Hall–Kier alpha value is -1.58. The molecule has 2 aromatic carbocycles. The molecule has 2 rings (SSSR count). The summed E-state index contributed by atoms with van der Waals surface area (Å²) in [7, 11) is -2.51. The van der Waals surface area contributed by atoms with Crippen LogP contribution in [0.5, 0.6) is 0 Å². The van der Waals surface area contributed by atoms with Gasteiger partial charge in [-0.15, -0.1) is 0 Å². The van der Waals surface area contributed by atoms with Gasteiger partial charge in [-0.3, -0.25) is 0 Å². The molecule has 214 valence electrons. The van der Waals surface area contributed by atoms with E-state index in [1.165, 1.54) is 10.4 Å². The summed E-state index contributed by atoms with van der Waals surface area (Å²) in [6, 6.07) is 21.3. The fourth-order valence-corrected chi connectivity index (χ4v) is 8.84. The first kappa shape index (κ1) is 32.6. The van der Waals surface area contributed by atoms with Crippen LogP contribution in [-0.4, -0.2) is 81.0 Å². The summed E-state index contributed by atoms with van der Waals surface area (Å²) in [6.07, 6.45) is 1.14. The maximum absolute atomic E-state index is 6.83. The van der Waals surface area contributed by atoms with Gasteiger partial charge in [0.25, 0.3) is 8.32 Å². The molecule has 0 saturated heterocycles. The van der Waals surface area contributed by atoms with Gasteiger partial charge < -0.3 is 28.1 Å². The molecule has 0 fully saturated rings. The molecule has 0 aliphatic rings. The van der Waals surface area contributed by atoms with E-state index in [-0.39, 0.29) is 5.04 Å². The summed E-state index contributed by atoms with van der Waals surface area (Å²) in [5, 5.41) is 2.52. The van der Waals surface area contributed by atoms with Crippen LogP contribution in [0.2, 0.25) is 5.04 Å². The van der Waals surface area contributed by atoms with Crippen molar-refractivity contribution < 1.29 is 28.1 Å². The summed E-state index contributed by atoms with van der Waals surface area (Å²) < 4.78 is 34.9. The Bertz CT molecular complexity index is 788. The van der Waals surface area contributed by atoms with Crippen LogP contribution >= 0.6 is 0 Å². The van der Waals surface area contributed by atoms with Gasteiger partial charge in [-0.25, -0.2) is 0 Å². The zero-order chi connectivity index (χ0) is 27.5. The average Bonchev–Trinajstić information content (AvgIpc) is 2.92. The first-order valence-electron chi connectivity index (χ1n) is 14.1. The zero-order valence-corrected chi connectivity index (χ0v) is 25.3. The molecule has 38 heavy (non-hydrogen) atoms. The molecule has 0 bridgehead atoms. The molecular weight excluding hydrogens is 496 g/mol. The predicted molar refractivity (Wildman–Crippen MR) is 157 cm³/mol. The lowest BCUT2D eigenvalue weighted by molar-refractivity contribution is -0.0148. The van der Waals surface area contributed by atoms with Gasteiger partial charge >= 0.3 is 0 Å². The van der Waals surface area contributed by atoms with Crippen LogP contribution in [0.4, 0.5) is 0 Å². The summed E-state index contributed by atoms with van der Waals surface area (Å²) >= 11 is 0. The van der Waals surface area contributed by atoms with Gasteiger partial charge in [0.2, 0.25) is 0 Å². The smallest absolute Gasteiger partial charge is 0.261 e. The minimum Gasteiger partial charge on any atom is -0.405 e. The van der Waals surface area contributed by atoms with Crippen molar-refractivity contribution in [2.45, 2.75) is 46.1 Å². The maximum atomic E-state index is 6.83. The lowest BCUT2D eigenvalue weighted by Gasteiger charge is -2.43. The second-order valence-corrected chi connectivity index (χ2v) is 14.9. The van der Waals surface area contributed by atoms with Gasteiger partial charge in [-0.1, -0.05) is 102 Å². The molecule has 0 aromatic heterocycles. The normalized spacial score (nSPS) is 13.1. The highest BCUT2D eigenvalue weighted by Gasteiger charge is 2.49. The Morgan fingerprint density at radius 1 is 0.579 bits per heavy atom. The lowest BCUT2D eigenvalue weighted by Crippen LogP contribution is -2.66. The van der Waals surface area contributed by atoms with Crippen molar-refractivity contribution in [2.75, 3.05) is 72.7 Å². The molecule has 6 nitrogen and oxygen atoms in total. The van der Waals surface area contributed by atoms with Crippen LogP contribution < -0.4 is 10.4 Å². The number of ether oxygens (including phenoxy) is 5. The van der Waals surface area contributed by atoms with Gasteiger partial charge in [-0.2, -0.15) is 0 Å². The third-order valence-electron chi connectivity index (χ3n) is 6.55. The van der Waals surface area contributed by atoms with E-state index < -0.39 is 8.32 Å². The summed E-state index contributed by atoms with van der Waals surface area (Å²) in [5.74, 6) is 0.603. The van der Waals surface area contributed by atoms with Crippen LogP contribution in [0.1, 0.15) is 41.0 Å². The average molecular weight is 547 g/mol. The van der Waals surface area contributed by atoms with Gasteiger partial charge in [0.1, 0.15) is 0 Å². The van der Waals surface area contributed by atoms with Crippen LogP contribution in [0.3, 0.4) is 0 Å². The van der Waals surface area contributed by atoms with Gasteiger partial charge in [0, 0.05) is 6.61 Å². The zero-order valence-electron chi connectivity index (χ0n) is 24.3. The minimum absolute atomic E-state index is 0.0367. The van der Waals surface area contributed by atoms with Gasteiger partial charge in [0.05, 0.1) is 66.1 Å². The maximum Gasteiger partial charge on any atom is 0.261 e.